The normalized spacial score (nSPS) is 13.5. The van der Waals surface area contributed by atoms with Crippen LogP contribution in [0.5, 0.6) is 0 Å². The van der Waals surface area contributed by atoms with E-state index in [0.717, 1.165) is 22.6 Å². The molecule has 4 nitrogen and oxygen atoms in total. The van der Waals surface area contributed by atoms with Crippen molar-refractivity contribution in [1.29, 1.82) is 5.26 Å². The third kappa shape index (κ3) is 4.19. The fourth-order valence-corrected chi connectivity index (χ4v) is 3.04. The van der Waals surface area contributed by atoms with Crippen molar-refractivity contribution in [2.45, 2.75) is 13.5 Å². The molecule has 0 unspecified atom stereocenters. The molecule has 6 heteroatoms. The van der Waals surface area contributed by atoms with E-state index in [4.69, 9.17) is 16.3 Å². The number of methoxy groups -OCH3 is 1. The number of anilines is 1. The molecular weight excluding hydrogens is 377 g/mol. The Morgan fingerprint density at radius 3 is 2.75 bits per heavy atom. The molecule has 0 saturated heterocycles. The zero-order chi connectivity index (χ0) is 20.3. The maximum atomic E-state index is 13.5. The van der Waals surface area contributed by atoms with Gasteiger partial charge in [0.1, 0.15) is 17.4 Å². The second-order valence-corrected chi connectivity index (χ2v) is 6.80. The Hall–Kier alpha value is -3.23. The van der Waals surface area contributed by atoms with E-state index in [-0.39, 0.29) is 5.02 Å². The number of hydrogen-bond donors (Lipinski definition) is 1. The van der Waals surface area contributed by atoms with Crippen LogP contribution in [0, 0.1) is 24.1 Å². The number of aryl methyl sites for hydroxylation is 1. The number of nitrogens with zero attached hydrogens (tertiary/aromatic N) is 2. The summed E-state index contributed by atoms with van der Waals surface area (Å²) in [4.78, 5) is 1.93. The Kier molecular flexibility index (Phi) is 5.72. The first-order chi connectivity index (χ1) is 13.4. The molecule has 1 aliphatic rings. The van der Waals surface area contributed by atoms with E-state index < -0.39 is 5.82 Å². The lowest BCUT2D eigenvalue weighted by Gasteiger charge is -2.30. The highest BCUT2D eigenvalue weighted by Crippen LogP contribution is 2.28. The van der Waals surface area contributed by atoms with Crippen LogP contribution >= 0.6 is 11.6 Å². The molecule has 2 aromatic rings. The maximum Gasteiger partial charge on any atom is 0.141 e. The number of rotatable bonds is 5. The molecule has 1 N–H and O–H groups in total. The first kappa shape index (κ1) is 19.5. The second kappa shape index (κ2) is 8.20. The summed E-state index contributed by atoms with van der Waals surface area (Å²) in [6.45, 7) is 6.42. The summed E-state index contributed by atoms with van der Waals surface area (Å²) in [7, 11) is 1.58. The minimum atomic E-state index is -0.455. The molecule has 0 radical (unpaired) electrons. The minimum Gasteiger partial charge on any atom is -0.495 e. The Morgan fingerprint density at radius 2 is 2.07 bits per heavy atom. The van der Waals surface area contributed by atoms with Gasteiger partial charge in [0.2, 0.25) is 0 Å². The van der Waals surface area contributed by atoms with Crippen LogP contribution in [0.15, 0.2) is 72.4 Å². The molecule has 0 fully saturated rings. The largest absolute Gasteiger partial charge is 0.495 e. The average Bonchev–Trinajstić information content (AvgIpc) is 2.68. The smallest absolute Gasteiger partial charge is 0.141 e. The van der Waals surface area contributed by atoms with E-state index in [0.29, 0.717) is 23.4 Å². The summed E-state index contributed by atoms with van der Waals surface area (Å²) >= 11 is 5.92. The molecule has 1 heterocycles. The molecule has 0 bridgehead atoms. The topological polar surface area (TPSA) is 48.3 Å². The van der Waals surface area contributed by atoms with Gasteiger partial charge in [-0.3, -0.25) is 0 Å². The van der Waals surface area contributed by atoms with Crippen LogP contribution in [0.2, 0.25) is 5.02 Å². The third-order valence-electron chi connectivity index (χ3n) is 4.40. The predicted molar refractivity (Wildman–Crippen MR) is 109 cm³/mol. The quantitative estimate of drug-likeness (QED) is 0.729. The van der Waals surface area contributed by atoms with Crippen molar-refractivity contribution in [2.24, 2.45) is 0 Å². The lowest BCUT2D eigenvalue weighted by molar-refractivity contribution is 0.284. The molecule has 28 heavy (non-hydrogen) atoms. The lowest BCUT2D eigenvalue weighted by Crippen LogP contribution is -2.26. The van der Waals surface area contributed by atoms with Crippen LogP contribution in [-0.4, -0.2) is 12.0 Å². The van der Waals surface area contributed by atoms with Gasteiger partial charge in [0.05, 0.1) is 23.8 Å². The van der Waals surface area contributed by atoms with E-state index in [2.05, 4.69) is 18.0 Å². The van der Waals surface area contributed by atoms with Crippen molar-refractivity contribution in [3.05, 3.63) is 99.9 Å². The summed E-state index contributed by atoms with van der Waals surface area (Å²) in [6, 6.07) is 12.2. The van der Waals surface area contributed by atoms with Crippen molar-refractivity contribution < 1.29 is 9.13 Å². The second-order valence-electron chi connectivity index (χ2n) is 6.40. The third-order valence-corrected chi connectivity index (χ3v) is 4.69. The van der Waals surface area contributed by atoms with Crippen LogP contribution in [-0.2, 0) is 11.3 Å². The number of hydrogen-bond acceptors (Lipinski definition) is 4. The molecule has 142 valence electrons. The van der Waals surface area contributed by atoms with Gasteiger partial charge < -0.3 is 15.0 Å². The van der Waals surface area contributed by atoms with Gasteiger partial charge in [-0.1, -0.05) is 30.3 Å². The van der Waals surface area contributed by atoms with Crippen LogP contribution in [0.3, 0.4) is 0 Å². The summed E-state index contributed by atoms with van der Waals surface area (Å²) < 4.78 is 18.9. The Balaban J connectivity index is 1.93. The maximum absolute atomic E-state index is 13.5. The van der Waals surface area contributed by atoms with E-state index in [9.17, 15) is 9.65 Å². The van der Waals surface area contributed by atoms with Gasteiger partial charge in [0.15, 0.2) is 0 Å². The molecule has 0 amide bonds. The van der Waals surface area contributed by atoms with Crippen molar-refractivity contribution in [2.75, 3.05) is 12.4 Å². The molecule has 0 aromatic heterocycles. The van der Waals surface area contributed by atoms with Crippen LogP contribution in [0.25, 0.3) is 0 Å². The van der Waals surface area contributed by atoms with Crippen molar-refractivity contribution in [3.63, 3.8) is 0 Å². The van der Waals surface area contributed by atoms with Crippen molar-refractivity contribution in [3.8, 4) is 6.07 Å². The summed E-state index contributed by atoms with van der Waals surface area (Å²) in [5.41, 5.74) is 3.92. The van der Waals surface area contributed by atoms with Gasteiger partial charge in [-0.05, 0) is 48.4 Å². The first-order valence-corrected chi connectivity index (χ1v) is 8.94. The van der Waals surface area contributed by atoms with E-state index in [1.54, 1.807) is 31.4 Å². The first-order valence-electron chi connectivity index (χ1n) is 8.56. The molecule has 3 rings (SSSR count). The zero-order valence-electron chi connectivity index (χ0n) is 15.6. The minimum absolute atomic E-state index is 0.0749. The SMILES string of the molecule is C=C1C=C(Nc2cc(C#N)ccc2C)N(Cc2ccc(F)c(Cl)c2)C=C1OC. The molecule has 0 atom stereocenters. The van der Waals surface area contributed by atoms with Gasteiger partial charge in [0.25, 0.3) is 0 Å². The summed E-state index contributed by atoms with van der Waals surface area (Å²) in [5.74, 6) is 0.925. The fraction of sp³-hybridized carbons (Fsp3) is 0.136. The molecule has 0 aliphatic carbocycles. The predicted octanol–water partition coefficient (Wildman–Crippen LogP) is 5.47. The van der Waals surface area contributed by atoms with Crippen LogP contribution < -0.4 is 5.32 Å². The Labute approximate surface area is 168 Å². The summed E-state index contributed by atoms with van der Waals surface area (Å²) in [6.07, 6.45) is 3.69. The molecule has 2 aromatic carbocycles. The van der Waals surface area contributed by atoms with E-state index in [1.807, 2.05) is 30.2 Å². The molecule has 0 saturated carbocycles. The summed E-state index contributed by atoms with van der Waals surface area (Å²) in [5, 5.41) is 12.6. The van der Waals surface area contributed by atoms with E-state index in [1.165, 1.54) is 6.07 Å². The van der Waals surface area contributed by atoms with Gasteiger partial charge in [-0.25, -0.2) is 4.39 Å². The molecule has 1 aliphatic heterocycles. The molecule has 0 spiro atoms. The number of halogens is 2. The van der Waals surface area contributed by atoms with Crippen LogP contribution in [0.1, 0.15) is 16.7 Å². The Bertz CT molecular complexity index is 1040. The number of benzene rings is 2. The number of allylic oxidation sites excluding steroid dienone is 1. The number of nitrogens with one attached hydrogen (secondary N) is 1. The Morgan fingerprint density at radius 1 is 1.29 bits per heavy atom. The highest BCUT2D eigenvalue weighted by molar-refractivity contribution is 6.30. The van der Waals surface area contributed by atoms with Gasteiger partial charge in [0, 0.05) is 24.0 Å². The van der Waals surface area contributed by atoms with E-state index >= 15 is 0 Å². The fourth-order valence-electron chi connectivity index (χ4n) is 2.83. The number of ether oxygens (including phenoxy) is 1. The van der Waals surface area contributed by atoms with Crippen molar-refractivity contribution in [1.82, 2.24) is 4.90 Å². The average molecular weight is 396 g/mol. The molecular formula is C22H19ClFN3O. The van der Waals surface area contributed by atoms with Gasteiger partial charge >= 0.3 is 0 Å². The monoisotopic (exact) mass is 395 g/mol. The highest BCUT2D eigenvalue weighted by atomic mass is 35.5. The standard InChI is InChI=1S/C22H19ClFN3O/c1-14-4-5-16(11-25)10-20(14)26-22-8-15(2)21(28-3)13-27(22)12-17-6-7-19(24)18(23)9-17/h4-10,13,26H,2,12H2,1,3H3. The highest BCUT2D eigenvalue weighted by Gasteiger charge is 2.19. The van der Waals surface area contributed by atoms with Gasteiger partial charge in [-0.2, -0.15) is 5.26 Å². The lowest BCUT2D eigenvalue weighted by atomic mass is 10.1. The number of nitriles is 1. The van der Waals surface area contributed by atoms with Crippen LogP contribution in [0.4, 0.5) is 10.1 Å². The zero-order valence-corrected chi connectivity index (χ0v) is 16.3. The van der Waals surface area contributed by atoms with Gasteiger partial charge in [-0.15, -0.1) is 0 Å². The van der Waals surface area contributed by atoms with Crippen molar-refractivity contribution >= 4 is 17.3 Å².